The fraction of sp³-hybridized carbons (Fsp3) is 0.111. The number of benzene rings is 3. The first kappa shape index (κ1) is 21.8. The van der Waals surface area contributed by atoms with Crippen LogP contribution in [-0.4, -0.2) is 23.9 Å². The van der Waals surface area contributed by atoms with Gasteiger partial charge in [-0.05, 0) is 66.6 Å². The number of halogens is 1. The van der Waals surface area contributed by atoms with Gasteiger partial charge < -0.3 is 14.3 Å². The Morgan fingerprint density at radius 1 is 1.06 bits per heavy atom. The molecular weight excluding hydrogens is 454 g/mol. The van der Waals surface area contributed by atoms with Crippen molar-refractivity contribution >= 4 is 39.9 Å². The van der Waals surface area contributed by atoms with E-state index in [1.54, 1.807) is 54.6 Å². The monoisotopic (exact) mass is 473 g/mol. The van der Waals surface area contributed by atoms with E-state index in [-0.39, 0.29) is 11.3 Å². The first-order chi connectivity index (χ1) is 16.4. The zero-order valence-electron chi connectivity index (χ0n) is 18.4. The molecule has 4 aromatic rings. The second-order valence-corrected chi connectivity index (χ2v) is 8.51. The first-order valence-electron chi connectivity index (χ1n) is 10.6. The summed E-state index contributed by atoms with van der Waals surface area (Å²) in [5.41, 5.74) is 2.52. The van der Waals surface area contributed by atoms with E-state index in [2.05, 4.69) is 0 Å². The predicted octanol–water partition coefficient (Wildman–Crippen LogP) is 6.19. The van der Waals surface area contributed by atoms with Crippen molar-refractivity contribution in [1.82, 2.24) is 0 Å². The number of ketones is 1. The third kappa shape index (κ3) is 3.62. The molecule has 1 aliphatic heterocycles. The number of hydrogen-bond acceptors (Lipinski definition) is 5. The number of nitrogens with zero attached hydrogens (tertiary/aromatic N) is 1. The molecule has 1 amide bonds. The highest BCUT2D eigenvalue weighted by Crippen LogP contribution is 2.43. The minimum absolute atomic E-state index is 0.00519. The number of anilines is 1. The van der Waals surface area contributed by atoms with Gasteiger partial charge in [0.1, 0.15) is 11.3 Å². The zero-order chi connectivity index (χ0) is 24.0. The summed E-state index contributed by atoms with van der Waals surface area (Å²) in [7, 11) is 1.54. The lowest BCUT2D eigenvalue weighted by Gasteiger charge is -2.27. The number of rotatable bonds is 5. The van der Waals surface area contributed by atoms with Crippen molar-refractivity contribution in [1.29, 1.82) is 0 Å². The van der Waals surface area contributed by atoms with Crippen LogP contribution in [-0.2, 0) is 4.79 Å². The van der Waals surface area contributed by atoms with E-state index in [1.807, 2.05) is 25.1 Å². The molecule has 34 heavy (non-hydrogen) atoms. The minimum Gasteiger partial charge on any atom is -0.503 e. The molecule has 0 aliphatic carbocycles. The number of fused-ring (bicyclic) bond motifs is 1. The van der Waals surface area contributed by atoms with E-state index in [1.165, 1.54) is 12.0 Å². The molecule has 5 rings (SSSR count). The highest BCUT2D eigenvalue weighted by molar-refractivity contribution is 6.31. The van der Waals surface area contributed by atoms with E-state index in [0.29, 0.717) is 33.0 Å². The van der Waals surface area contributed by atoms with Crippen LogP contribution in [0.5, 0.6) is 5.75 Å². The van der Waals surface area contributed by atoms with Crippen LogP contribution >= 0.6 is 11.6 Å². The van der Waals surface area contributed by atoms with E-state index < -0.39 is 23.5 Å². The van der Waals surface area contributed by atoms with Crippen molar-refractivity contribution in [2.75, 3.05) is 12.0 Å². The summed E-state index contributed by atoms with van der Waals surface area (Å²) in [6, 6.07) is 20.1. The Morgan fingerprint density at radius 3 is 2.62 bits per heavy atom. The number of aryl methyl sites for hydroxylation is 1. The summed E-state index contributed by atoms with van der Waals surface area (Å²) in [6.45, 7) is 1.91. The Hall–Kier alpha value is -4.03. The number of carbonyl (C=O) groups is 2. The van der Waals surface area contributed by atoms with Crippen molar-refractivity contribution < 1.29 is 23.8 Å². The molecule has 0 saturated heterocycles. The van der Waals surface area contributed by atoms with E-state index in [4.69, 9.17) is 20.8 Å². The largest absolute Gasteiger partial charge is 0.503 e. The van der Waals surface area contributed by atoms with Crippen LogP contribution < -0.4 is 9.64 Å². The second kappa shape index (κ2) is 8.39. The summed E-state index contributed by atoms with van der Waals surface area (Å²) in [6.07, 6.45) is 0. The number of amides is 1. The topological polar surface area (TPSA) is 80.0 Å². The molecule has 1 N–H and O–H groups in total. The van der Waals surface area contributed by atoms with Crippen LogP contribution in [0.25, 0.3) is 11.0 Å². The number of hydrogen-bond donors (Lipinski definition) is 1. The quantitative estimate of drug-likeness (QED) is 0.350. The number of methoxy groups -OCH3 is 1. The second-order valence-electron chi connectivity index (χ2n) is 8.08. The number of aliphatic hydroxyl groups excluding tert-OH is 1. The molecular formula is C27H20ClNO5. The fourth-order valence-electron chi connectivity index (χ4n) is 4.27. The smallest absolute Gasteiger partial charge is 0.294 e. The van der Waals surface area contributed by atoms with Crippen LogP contribution in [0.15, 0.2) is 88.5 Å². The molecule has 1 atom stereocenters. The van der Waals surface area contributed by atoms with Gasteiger partial charge in [-0.3, -0.25) is 14.5 Å². The van der Waals surface area contributed by atoms with Crippen LogP contribution in [0.3, 0.4) is 0 Å². The van der Waals surface area contributed by atoms with Gasteiger partial charge in [0, 0.05) is 16.1 Å². The van der Waals surface area contributed by atoms with Crippen LogP contribution in [0.1, 0.15) is 27.7 Å². The van der Waals surface area contributed by atoms with Crippen LogP contribution in [0.4, 0.5) is 5.69 Å². The molecule has 0 spiro atoms. The van der Waals surface area contributed by atoms with Gasteiger partial charge in [0.25, 0.3) is 5.91 Å². The molecule has 0 fully saturated rings. The number of furan rings is 1. The highest BCUT2D eigenvalue weighted by atomic mass is 35.5. The molecule has 3 aromatic carbocycles. The molecule has 6 nitrogen and oxygen atoms in total. The summed E-state index contributed by atoms with van der Waals surface area (Å²) >= 11 is 6.07. The van der Waals surface area contributed by atoms with Crippen molar-refractivity contribution in [2.24, 2.45) is 0 Å². The Labute approximate surface area is 200 Å². The molecule has 2 heterocycles. The summed E-state index contributed by atoms with van der Waals surface area (Å²) in [4.78, 5) is 28.4. The highest BCUT2D eigenvalue weighted by Gasteiger charge is 2.45. The molecule has 0 radical (unpaired) electrons. The average Bonchev–Trinajstić information content (AvgIpc) is 3.37. The van der Waals surface area contributed by atoms with Crippen LogP contribution in [0.2, 0.25) is 5.02 Å². The third-order valence-electron chi connectivity index (χ3n) is 5.84. The number of Topliss-reactive ketones (excluding diaryl/α,β-unsaturated/α-hetero) is 1. The number of aliphatic hydroxyl groups is 1. The maximum Gasteiger partial charge on any atom is 0.294 e. The lowest BCUT2D eigenvalue weighted by Crippen LogP contribution is -2.31. The first-order valence-corrected chi connectivity index (χ1v) is 11.0. The normalized spacial score (nSPS) is 15.9. The van der Waals surface area contributed by atoms with Crippen molar-refractivity contribution in [2.45, 2.75) is 13.0 Å². The fourth-order valence-corrected chi connectivity index (χ4v) is 4.45. The van der Waals surface area contributed by atoms with Crippen molar-refractivity contribution in [3.8, 4) is 5.75 Å². The van der Waals surface area contributed by atoms with E-state index >= 15 is 0 Å². The molecule has 1 aromatic heterocycles. The maximum atomic E-state index is 13.7. The van der Waals surface area contributed by atoms with Gasteiger partial charge in [0.2, 0.25) is 5.78 Å². The standard InChI is InChI=1S/C27H20ClNO5/c1-15-5-3-7-19(11-15)29-24(16-6-4-8-20(13-16)33-2)23(26(31)27(29)32)25(30)22-14-17-12-18(28)9-10-21(17)34-22/h3-14,24,31H,1-2H3. The van der Waals surface area contributed by atoms with Gasteiger partial charge in [0.15, 0.2) is 11.5 Å². The van der Waals surface area contributed by atoms with Crippen molar-refractivity contribution in [3.05, 3.63) is 106 Å². The number of carbonyl (C=O) groups excluding carboxylic acids is 2. The summed E-state index contributed by atoms with van der Waals surface area (Å²) in [5, 5.41) is 12.1. The molecule has 170 valence electrons. The Morgan fingerprint density at radius 2 is 1.85 bits per heavy atom. The molecule has 1 aliphatic rings. The van der Waals surface area contributed by atoms with Gasteiger partial charge in [0.05, 0.1) is 18.7 Å². The predicted molar refractivity (Wildman–Crippen MR) is 130 cm³/mol. The van der Waals surface area contributed by atoms with Gasteiger partial charge in [-0.1, -0.05) is 35.9 Å². The third-order valence-corrected chi connectivity index (χ3v) is 6.08. The lowest BCUT2D eigenvalue weighted by molar-refractivity contribution is -0.117. The average molecular weight is 474 g/mol. The zero-order valence-corrected chi connectivity index (χ0v) is 19.2. The van der Waals surface area contributed by atoms with Gasteiger partial charge in [-0.25, -0.2) is 0 Å². The molecule has 0 saturated carbocycles. The van der Waals surface area contributed by atoms with Crippen LogP contribution in [0, 0.1) is 6.92 Å². The summed E-state index contributed by atoms with van der Waals surface area (Å²) in [5.74, 6) is -1.30. The Kier molecular flexibility index (Phi) is 5.38. The summed E-state index contributed by atoms with van der Waals surface area (Å²) < 4.78 is 11.1. The molecule has 1 unspecified atom stereocenters. The van der Waals surface area contributed by atoms with Gasteiger partial charge >= 0.3 is 0 Å². The minimum atomic E-state index is -0.881. The molecule has 7 heteroatoms. The Bertz CT molecular complexity index is 1490. The number of ether oxygens (including phenoxy) is 1. The SMILES string of the molecule is COc1cccc(C2C(C(=O)c3cc4cc(Cl)ccc4o3)=C(O)C(=O)N2c2cccc(C)c2)c1. The van der Waals surface area contributed by atoms with Crippen molar-refractivity contribution in [3.63, 3.8) is 0 Å². The lowest BCUT2D eigenvalue weighted by atomic mass is 9.94. The van der Waals surface area contributed by atoms with E-state index in [9.17, 15) is 14.7 Å². The Balaban J connectivity index is 1.67. The maximum absolute atomic E-state index is 13.7. The van der Waals surface area contributed by atoms with Gasteiger partial charge in [-0.2, -0.15) is 0 Å². The molecule has 0 bridgehead atoms. The van der Waals surface area contributed by atoms with E-state index in [0.717, 1.165) is 5.56 Å². The van der Waals surface area contributed by atoms with Gasteiger partial charge in [-0.15, -0.1) is 0 Å².